The minimum atomic E-state index is -4.40. The minimum absolute atomic E-state index is 0.0210. The molecule has 0 aliphatic carbocycles. The summed E-state index contributed by atoms with van der Waals surface area (Å²) in [4.78, 5) is 21.3. The van der Waals surface area contributed by atoms with Gasteiger partial charge in [-0.05, 0) is 37.1 Å². The normalized spacial score (nSPS) is 16.3. The van der Waals surface area contributed by atoms with Gasteiger partial charge in [0.2, 0.25) is 0 Å². The zero-order chi connectivity index (χ0) is 18.3. The summed E-state index contributed by atoms with van der Waals surface area (Å²) in [7, 11) is 0. The third-order valence-corrected chi connectivity index (χ3v) is 5.75. The Morgan fingerprint density at radius 2 is 2.00 bits per heavy atom. The van der Waals surface area contributed by atoms with Crippen LogP contribution < -0.4 is 0 Å². The molecule has 3 aromatic rings. The molecule has 4 nitrogen and oxygen atoms in total. The number of alkyl halides is 3. The second-order valence-electron chi connectivity index (χ2n) is 6.41. The Balaban J connectivity index is 1.42. The fourth-order valence-electron chi connectivity index (χ4n) is 3.30. The van der Waals surface area contributed by atoms with Crippen LogP contribution in [0.4, 0.5) is 13.2 Å². The highest BCUT2D eigenvalue weighted by atomic mass is 32.1. The summed E-state index contributed by atoms with van der Waals surface area (Å²) in [6, 6.07) is 7.45. The van der Waals surface area contributed by atoms with Crippen molar-refractivity contribution in [2.24, 2.45) is 0 Å². The number of fused-ring (bicyclic) bond motifs is 1. The molecule has 3 heterocycles. The summed E-state index contributed by atoms with van der Waals surface area (Å²) in [6.07, 6.45) is -1.32. The molecule has 0 spiro atoms. The molecule has 2 aromatic heterocycles. The lowest BCUT2D eigenvalue weighted by molar-refractivity contribution is -0.140. The maximum absolute atomic E-state index is 12.7. The van der Waals surface area contributed by atoms with Crippen LogP contribution in [0.3, 0.4) is 0 Å². The van der Waals surface area contributed by atoms with Gasteiger partial charge in [0.25, 0.3) is 5.91 Å². The molecule has 1 N–H and O–H groups in total. The molecule has 0 radical (unpaired) electrons. The number of nitrogens with zero attached hydrogens (tertiary/aromatic N) is 2. The van der Waals surface area contributed by atoms with E-state index in [-0.39, 0.29) is 11.8 Å². The minimum Gasteiger partial charge on any atom is -0.361 e. The number of carbonyl (C=O) groups is 1. The van der Waals surface area contributed by atoms with Crippen molar-refractivity contribution in [3.63, 3.8) is 0 Å². The third kappa shape index (κ3) is 3.21. The highest BCUT2D eigenvalue weighted by Crippen LogP contribution is 2.35. The van der Waals surface area contributed by atoms with E-state index in [4.69, 9.17) is 0 Å². The number of H-pyrrole nitrogens is 1. The molecule has 1 aliphatic rings. The average molecular weight is 379 g/mol. The van der Waals surface area contributed by atoms with Gasteiger partial charge in [0.05, 0.1) is 5.01 Å². The van der Waals surface area contributed by atoms with Crippen LogP contribution in [-0.2, 0) is 6.18 Å². The second kappa shape index (κ2) is 6.42. The molecular formula is C18H16F3N3OS. The number of halogens is 3. The molecule has 1 fully saturated rings. The summed E-state index contributed by atoms with van der Waals surface area (Å²) < 4.78 is 38.1. The molecule has 0 saturated carbocycles. The maximum Gasteiger partial charge on any atom is 0.434 e. The van der Waals surface area contributed by atoms with Crippen molar-refractivity contribution in [2.45, 2.75) is 24.9 Å². The number of nitrogens with one attached hydrogen (secondary N) is 1. The van der Waals surface area contributed by atoms with Gasteiger partial charge >= 0.3 is 6.18 Å². The predicted molar refractivity (Wildman–Crippen MR) is 93.3 cm³/mol. The molecule has 0 unspecified atom stereocenters. The van der Waals surface area contributed by atoms with Crippen LogP contribution >= 0.6 is 11.3 Å². The summed E-state index contributed by atoms with van der Waals surface area (Å²) in [5.74, 6) is -0.0611. The van der Waals surface area contributed by atoms with Crippen LogP contribution in [0.25, 0.3) is 10.9 Å². The Morgan fingerprint density at radius 3 is 2.69 bits per heavy atom. The van der Waals surface area contributed by atoms with E-state index in [1.54, 1.807) is 11.0 Å². The third-order valence-electron chi connectivity index (χ3n) is 4.74. The van der Waals surface area contributed by atoms with E-state index in [0.717, 1.165) is 27.6 Å². The maximum atomic E-state index is 12.7. The lowest BCUT2D eigenvalue weighted by Gasteiger charge is -2.31. The zero-order valence-electron chi connectivity index (χ0n) is 13.7. The van der Waals surface area contributed by atoms with E-state index in [1.807, 2.05) is 24.4 Å². The Labute approximate surface area is 151 Å². The molecule has 1 amide bonds. The van der Waals surface area contributed by atoms with Crippen molar-refractivity contribution in [1.82, 2.24) is 14.9 Å². The largest absolute Gasteiger partial charge is 0.434 e. The van der Waals surface area contributed by atoms with Crippen LogP contribution in [0.5, 0.6) is 0 Å². The summed E-state index contributed by atoms with van der Waals surface area (Å²) in [5.41, 5.74) is 0.782. The van der Waals surface area contributed by atoms with Crippen molar-refractivity contribution in [1.29, 1.82) is 0 Å². The van der Waals surface area contributed by atoms with Gasteiger partial charge in [0, 0.05) is 47.1 Å². The SMILES string of the molecule is O=C(c1ccc2[nH]ccc2c1)N1CCC(c2nc(C(F)(F)F)cs2)CC1. The highest BCUT2D eigenvalue weighted by molar-refractivity contribution is 7.09. The van der Waals surface area contributed by atoms with E-state index >= 15 is 0 Å². The summed E-state index contributed by atoms with van der Waals surface area (Å²) >= 11 is 1.05. The van der Waals surface area contributed by atoms with Gasteiger partial charge in [0.15, 0.2) is 5.69 Å². The first-order chi connectivity index (χ1) is 12.4. The van der Waals surface area contributed by atoms with Gasteiger partial charge in [0.1, 0.15) is 0 Å². The quantitative estimate of drug-likeness (QED) is 0.704. The van der Waals surface area contributed by atoms with Crippen LogP contribution in [0.2, 0.25) is 0 Å². The zero-order valence-corrected chi connectivity index (χ0v) is 14.5. The number of aromatic nitrogens is 2. The number of carbonyl (C=O) groups excluding carboxylic acids is 1. The number of thiazole rings is 1. The molecule has 1 aliphatic heterocycles. The molecule has 0 bridgehead atoms. The second-order valence-corrected chi connectivity index (χ2v) is 7.30. The van der Waals surface area contributed by atoms with Gasteiger partial charge in [-0.25, -0.2) is 4.98 Å². The summed E-state index contributed by atoms with van der Waals surface area (Å²) in [5, 5.41) is 2.56. The van der Waals surface area contributed by atoms with Crippen LogP contribution in [-0.4, -0.2) is 33.9 Å². The number of benzene rings is 1. The molecule has 26 heavy (non-hydrogen) atoms. The lowest BCUT2D eigenvalue weighted by atomic mass is 9.97. The van der Waals surface area contributed by atoms with Crippen molar-refractivity contribution in [3.05, 3.63) is 52.1 Å². The Kier molecular flexibility index (Phi) is 4.22. The fraction of sp³-hybridized carbons (Fsp3) is 0.333. The number of likely N-dealkylation sites (tertiary alicyclic amines) is 1. The number of rotatable bonds is 2. The van der Waals surface area contributed by atoms with E-state index in [2.05, 4.69) is 9.97 Å². The molecule has 1 saturated heterocycles. The van der Waals surface area contributed by atoms with E-state index < -0.39 is 11.9 Å². The first-order valence-corrected chi connectivity index (χ1v) is 9.19. The number of hydrogen-bond donors (Lipinski definition) is 1. The van der Waals surface area contributed by atoms with E-state index in [9.17, 15) is 18.0 Å². The fourth-order valence-corrected chi connectivity index (χ4v) is 4.30. The van der Waals surface area contributed by atoms with Crippen molar-refractivity contribution < 1.29 is 18.0 Å². The van der Waals surface area contributed by atoms with Gasteiger partial charge in [-0.15, -0.1) is 11.3 Å². The van der Waals surface area contributed by atoms with E-state index in [0.29, 0.717) is 36.5 Å². The predicted octanol–water partition coefficient (Wildman–Crippen LogP) is 4.66. The van der Waals surface area contributed by atoms with Crippen molar-refractivity contribution in [3.8, 4) is 0 Å². The number of piperidine rings is 1. The van der Waals surface area contributed by atoms with Gasteiger partial charge < -0.3 is 9.88 Å². The standard InChI is InChI=1S/C18H16F3N3OS/c19-18(20,21)15-10-26-16(23-15)11-4-7-24(8-5-11)17(25)13-1-2-14-12(9-13)3-6-22-14/h1-3,6,9-11,22H,4-5,7-8H2. The van der Waals surface area contributed by atoms with E-state index in [1.165, 1.54) is 0 Å². The monoisotopic (exact) mass is 379 g/mol. The first kappa shape index (κ1) is 17.1. The number of aromatic amines is 1. The Bertz CT molecular complexity index is 938. The number of hydrogen-bond acceptors (Lipinski definition) is 3. The molecule has 8 heteroatoms. The molecule has 4 rings (SSSR count). The Morgan fingerprint density at radius 1 is 1.23 bits per heavy atom. The van der Waals surface area contributed by atoms with Gasteiger partial charge in [-0.3, -0.25) is 4.79 Å². The number of amides is 1. The van der Waals surface area contributed by atoms with Crippen LogP contribution in [0, 0.1) is 0 Å². The molecular weight excluding hydrogens is 363 g/mol. The van der Waals surface area contributed by atoms with Crippen LogP contribution in [0.15, 0.2) is 35.8 Å². The Hall–Kier alpha value is -2.35. The van der Waals surface area contributed by atoms with Gasteiger partial charge in [-0.2, -0.15) is 13.2 Å². The molecule has 136 valence electrons. The molecule has 1 aromatic carbocycles. The first-order valence-electron chi connectivity index (χ1n) is 8.31. The lowest BCUT2D eigenvalue weighted by Crippen LogP contribution is -2.37. The average Bonchev–Trinajstić information content (AvgIpc) is 3.29. The van der Waals surface area contributed by atoms with Gasteiger partial charge in [-0.1, -0.05) is 0 Å². The van der Waals surface area contributed by atoms with Crippen LogP contribution in [0.1, 0.15) is 39.8 Å². The topological polar surface area (TPSA) is 49.0 Å². The smallest absolute Gasteiger partial charge is 0.361 e. The molecule has 0 atom stereocenters. The summed E-state index contributed by atoms with van der Waals surface area (Å²) in [6.45, 7) is 1.05. The van der Waals surface area contributed by atoms with Crippen molar-refractivity contribution >= 4 is 28.1 Å². The highest BCUT2D eigenvalue weighted by Gasteiger charge is 2.35. The van der Waals surface area contributed by atoms with Crippen molar-refractivity contribution in [2.75, 3.05) is 13.1 Å².